The first kappa shape index (κ1) is 8.75. The van der Waals surface area contributed by atoms with Gasteiger partial charge in [-0.1, -0.05) is 6.92 Å². The molecule has 72 valence electrons. The van der Waals surface area contributed by atoms with Crippen LogP contribution in [-0.4, -0.2) is 11.5 Å². The predicted molar refractivity (Wildman–Crippen MR) is 50.3 cm³/mol. The van der Waals surface area contributed by atoms with Crippen LogP contribution in [0.2, 0.25) is 0 Å². The van der Waals surface area contributed by atoms with E-state index in [1.165, 1.54) is 12.8 Å². The molecule has 0 atom stereocenters. The Balaban J connectivity index is 1.84. The van der Waals surface area contributed by atoms with Crippen molar-refractivity contribution in [1.29, 1.82) is 0 Å². The van der Waals surface area contributed by atoms with E-state index < -0.39 is 0 Å². The molecule has 0 bridgehead atoms. The zero-order chi connectivity index (χ0) is 9.10. The van der Waals surface area contributed by atoms with Gasteiger partial charge in [0.15, 0.2) is 0 Å². The van der Waals surface area contributed by atoms with E-state index in [1.54, 1.807) is 0 Å². The normalized spacial score (nSPS) is 16.4. The average molecular weight is 180 g/mol. The van der Waals surface area contributed by atoms with Crippen LogP contribution in [0.3, 0.4) is 0 Å². The Morgan fingerprint density at radius 2 is 2.46 bits per heavy atom. The minimum atomic E-state index is 0.751. The number of aromatic nitrogens is 1. The number of nitrogens with one attached hydrogen (secondary N) is 1. The summed E-state index contributed by atoms with van der Waals surface area (Å²) in [6.07, 6.45) is 5.68. The fraction of sp³-hybridized carbons (Fsp3) is 0.700. The van der Waals surface area contributed by atoms with Gasteiger partial charge in [0.2, 0.25) is 5.89 Å². The van der Waals surface area contributed by atoms with E-state index in [-0.39, 0.29) is 0 Å². The van der Waals surface area contributed by atoms with Crippen LogP contribution >= 0.6 is 0 Å². The van der Waals surface area contributed by atoms with E-state index in [0.717, 1.165) is 37.1 Å². The molecule has 1 aromatic heterocycles. The second-order valence-electron chi connectivity index (χ2n) is 3.65. The standard InChI is InChI=1S/C10H16N2O/c1-2-11-7-10-12-6-9(13-10)5-8-3-4-8/h6,8,11H,2-5,7H2,1H3. The number of hydrogen-bond acceptors (Lipinski definition) is 3. The molecule has 3 nitrogen and oxygen atoms in total. The van der Waals surface area contributed by atoms with E-state index in [2.05, 4.69) is 17.2 Å². The summed E-state index contributed by atoms with van der Waals surface area (Å²) in [4.78, 5) is 4.21. The van der Waals surface area contributed by atoms with Crippen LogP contribution in [0.25, 0.3) is 0 Å². The highest BCUT2D eigenvalue weighted by atomic mass is 16.4. The summed E-state index contributed by atoms with van der Waals surface area (Å²) >= 11 is 0. The molecule has 0 radical (unpaired) electrons. The smallest absolute Gasteiger partial charge is 0.208 e. The summed E-state index contributed by atoms with van der Waals surface area (Å²) in [5.41, 5.74) is 0. The van der Waals surface area contributed by atoms with E-state index in [4.69, 9.17) is 4.42 Å². The summed E-state index contributed by atoms with van der Waals surface area (Å²) in [6.45, 7) is 3.79. The highest BCUT2D eigenvalue weighted by Gasteiger charge is 2.23. The van der Waals surface area contributed by atoms with Crippen molar-refractivity contribution >= 4 is 0 Å². The highest BCUT2D eigenvalue weighted by molar-refractivity contribution is 4.98. The second-order valence-corrected chi connectivity index (χ2v) is 3.65. The van der Waals surface area contributed by atoms with Gasteiger partial charge in [-0.05, 0) is 25.3 Å². The number of oxazole rings is 1. The third kappa shape index (κ3) is 2.56. The lowest BCUT2D eigenvalue weighted by Crippen LogP contribution is -2.11. The van der Waals surface area contributed by atoms with Crippen molar-refractivity contribution in [2.45, 2.75) is 32.7 Å². The molecule has 0 saturated heterocycles. The predicted octanol–water partition coefficient (Wildman–Crippen LogP) is 1.74. The maximum absolute atomic E-state index is 5.56. The Bertz CT molecular complexity index is 266. The SMILES string of the molecule is CCNCc1ncc(CC2CC2)o1. The molecule has 1 heterocycles. The number of hydrogen-bond donors (Lipinski definition) is 1. The lowest BCUT2D eigenvalue weighted by Gasteiger charge is -1.95. The van der Waals surface area contributed by atoms with Crippen molar-refractivity contribution in [3.05, 3.63) is 17.8 Å². The molecule has 1 fully saturated rings. The molecule has 1 N–H and O–H groups in total. The van der Waals surface area contributed by atoms with Crippen LogP contribution in [-0.2, 0) is 13.0 Å². The minimum absolute atomic E-state index is 0.751. The zero-order valence-corrected chi connectivity index (χ0v) is 8.05. The Labute approximate surface area is 78.5 Å². The molecule has 0 spiro atoms. The van der Waals surface area contributed by atoms with Gasteiger partial charge in [-0.2, -0.15) is 0 Å². The molecule has 0 amide bonds. The summed E-state index contributed by atoms with van der Waals surface area (Å²) in [5.74, 6) is 2.74. The van der Waals surface area contributed by atoms with Crippen LogP contribution in [0.15, 0.2) is 10.6 Å². The van der Waals surface area contributed by atoms with Crippen LogP contribution < -0.4 is 5.32 Å². The van der Waals surface area contributed by atoms with E-state index in [1.807, 2.05) is 6.20 Å². The molecule has 1 aliphatic rings. The van der Waals surface area contributed by atoms with E-state index >= 15 is 0 Å². The van der Waals surface area contributed by atoms with Crippen LogP contribution in [0.4, 0.5) is 0 Å². The molecule has 0 aromatic carbocycles. The van der Waals surface area contributed by atoms with Gasteiger partial charge in [-0.25, -0.2) is 4.98 Å². The Morgan fingerprint density at radius 1 is 1.62 bits per heavy atom. The van der Waals surface area contributed by atoms with Gasteiger partial charge in [0.05, 0.1) is 12.7 Å². The van der Waals surface area contributed by atoms with Crippen LogP contribution in [0, 0.1) is 5.92 Å². The summed E-state index contributed by atoms with van der Waals surface area (Å²) in [5, 5.41) is 3.19. The summed E-state index contributed by atoms with van der Waals surface area (Å²) in [7, 11) is 0. The lowest BCUT2D eigenvalue weighted by atomic mass is 10.2. The van der Waals surface area contributed by atoms with E-state index in [0.29, 0.717) is 0 Å². The largest absolute Gasteiger partial charge is 0.444 e. The number of rotatable bonds is 5. The molecule has 0 unspecified atom stereocenters. The topological polar surface area (TPSA) is 38.1 Å². The zero-order valence-electron chi connectivity index (χ0n) is 8.05. The first-order valence-electron chi connectivity index (χ1n) is 5.02. The van der Waals surface area contributed by atoms with Gasteiger partial charge in [0, 0.05) is 6.42 Å². The third-order valence-electron chi connectivity index (χ3n) is 2.31. The molecule has 0 aliphatic heterocycles. The monoisotopic (exact) mass is 180 g/mol. The van der Waals surface area contributed by atoms with Crippen molar-refractivity contribution in [1.82, 2.24) is 10.3 Å². The molecular formula is C10H16N2O. The van der Waals surface area contributed by atoms with Gasteiger partial charge in [0.25, 0.3) is 0 Å². The van der Waals surface area contributed by atoms with Crippen molar-refractivity contribution in [3.8, 4) is 0 Å². The van der Waals surface area contributed by atoms with E-state index in [9.17, 15) is 0 Å². The van der Waals surface area contributed by atoms with Gasteiger partial charge in [-0.3, -0.25) is 0 Å². The van der Waals surface area contributed by atoms with Crippen molar-refractivity contribution in [2.24, 2.45) is 5.92 Å². The third-order valence-corrected chi connectivity index (χ3v) is 2.31. The van der Waals surface area contributed by atoms with Crippen LogP contribution in [0.5, 0.6) is 0 Å². The van der Waals surface area contributed by atoms with Crippen molar-refractivity contribution in [3.63, 3.8) is 0 Å². The van der Waals surface area contributed by atoms with Gasteiger partial charge >= 0.3 is 0 Å². The quantitative estimate of drug-likeness (QED) is 0.750. The Hall–Kier alpha value is -0.830. The Morgan fingerprint density at radius 3 is 3.15 bits per heavy atom. The lowest BCUT2D eigenvalue weighted by molar-refractivity contribution is 0.432. The van der Waals surface area contributed by atoms with Crippen molar-refractivity contribution < 1.29 is 4.42 Å². The molecule has 1 aromatic rings. The maximum atomic E-state index is 5.56. The molecule has 2 rings (SSSR count). The Kier molecular flexibility index (Phi) is 2.64. The highest BCUT2D eigenvalue weighted by Crippen LogP contribution is 2.32. The molecule has 1 aliphatic carbocycles. The fourth-order valence-corrected chi connectivity index (χ4v) is 1.36. The molecule has 3 heteroatoms. The fourth-order valence-electron chi connectivity index (χ4n) is 1.36. The van der Waals surface area contributed by atoms with Gasteiger partial charge in [0.1, 0.15) is 5.76 Å². The van der Waals surface area contributed by atoms with Gasteiger partial charge < -0.3 is 9.73 Å². The van der Waals surface area contributed by atoms with Gasteiger partial charge in [-0.15, -0.1) is 0 Å². The summed E-state index contributed by atoms with van der Waals surface area (Å²) in [6, 6.07) is 0. The first-order chi connectivity index (χ1) is 6.38. The minimum Gasteiger partial charge on any atom is -0.444 e. The maximum Gasteiger partial charge on any atom is 0.208 e. The van der Waals surface area contributed by atoms with Crippen LogP contribution in [0.1, 0.15) is 31.4 Å². The van der Waals surface area contributed by atoms with Crippen molar-refractivity contribution in [2.75, 3.05) is 6.54 Å². The first-order valence-corrected chi connectivity index (χ1v) is 5.02. The second kappa shape index (κ2) is 3.92. The molecule has 13 heavy (non-hydrogen) atoms. The average Bonchev–Trinajstić information content (AvgIpc) is 2.81. The molecule has 1 saturated carbocycles. The molecular weight excluding hydrogens is 164 g/mol. The summed E-state index contributed by atoms with van der Waals surface area (Å²) < 4.78 is 5.56. The number of nitrogens with zero attached hydrogens (tertiary/aromatic N) is 1.